The lowest BCUT2D eigenvalue weighted by Gasteiger charge is -2.24. The second kappa shape index (κ2) is 2.35. The van der Waals surface area contributed by atoms with E-state index >= 15 is 0 Å². The van der Waals surface area contributed by atoms with E-state index in [2.05, 4.69) is 5.32 Å². The fourth-order valence-electron chi connectivity index (χ4n) is 2.16. The van der Waals surface area contributed by atoms with Crippen molar-refractivity contribution in [3.05, 3.63) is 0 Å². The summed E-state index contributed by atoms with van der Waals surface area (Å²) >= 11 is 0. The highest BCUT2D eigenvalue weighted by molar-refractivity contribution is 5.83. The summed E-state index contributed by atoms with van der Waals surface area (Å²) in [7, 11) is 0. The molecule has 0 amide bonds. The van der Waals surface area contributed by atoms with Crippen LogP contribution in [0.1, 0.15) is 25.7 Å². The van der Waals surface area contributed by atoms with Crippen molar-refractivity contribution in [1.82, 2.24) is 5.32 Å². The van der Waals surface area contributed by atoms with Crippen molar-refractivity contribution < 1.29 is 4.79 Å². The number of hydrogen-bond donors (Lipinski definition) is 1. The molecular weight excluding hydrogens is 126 g/mol. The van der Waals surface area contributed by atoms with Gasteiger partial charge in [-0.3, -0.25) is 4.79 Å². The Kier molecular flexibility index (Phi) is 1.49. The molecule has 10 heavy (non-hydrogen) atoms. The largest absolute Gasteiger partial charge is 0.313 e. The van der Waals surface area contributed by atoms with E-state index in [1.165, 1.54) is 12.8 Å². The molecule has 0 spiro atoms. The van der Waals surface area contributed by atoms with E-state index in [-0.39, 0.29) is 0 Å². The fourth-order valence-corrected chi connectivity index (χ4v) is 2.16. The molecule has 1 aliphatic carbocycles. The zero-order chi connectivity index (χ0) is 6.97. The summed E-state index contributed by atoms with van der Waals surface area (Å²) in [6.45, 7) is 0.917. The van der Waals surface area contributed by atoms with Gasteiger partial charge in [-0.15, -0.1) is 0 Å². The first-order valence-corrected chi connectivity index (χ1v) is 4.14. The number of nitrogens with one attached hydrogen (secondary N) is 1. The maximum absolute atomic E-state index is 11.2. The third-order valence-corrected chi connectivity index (χ3v) is 2.71. The summed E-state index contributed by atoms with van der Waals surface area (Å²) in [5.41, 5.74) is 0. The Bertz CT molecular complexity index is 155. The van der Waals surface area contributed by atoms with Crippen LogP contribution < -0.4 is 5.32 Å². The van der Waals surface area contributed by atoms with Crippen molar-refractivity contribution in [2.24, 2.45) is 5.92 Å². The molecule has 0 aromatic rings. The van der Waals surface area contributed by atoms with Crippen LogP contribution in [-0.2, 0) is 4.79 Å². The van der Waals surface area contributed by atoms with E-state index in [0.717, 1.165) is 19.4 Å². The Morgan fingerprint density at radius 2 is 2.30 bits per heavy atom. The van der Waals surface area contributed by atoms with Gasteiger partial charge in [-0.25, -0.2) is 0 Å². The van der Waals surface area contributed by atoms with E-state index in [1.807, 2.05) is 0 Å². The summed E-state index contributed by atoms with van der Waals surface area (Å²) in [5, 5.41) is 3.39. The van der Waals surface area contributed by atoms with Gasteiger partial charge in [0.15, 0.2) is 0 Å². The molecule has 1 aliphatic heterocycles. The first-order chi connectivity index (χ1) is 4.88. The second-order valence-corrected chi connectivity index (χ2v) is 3.31. The Labute approximate surface area is 61.0 Å². The molecule has 2 heteroatoms. The lowest BCUT2D eigenvalue weighted by atomic mass is 9.93. The molecule has 0 aromatic heterocycles. The number of piperidine rings is 1. The fraction of sp³-hybridized carbons (Fsp3) is 0.875. The number of rotatable bonds is 0. The maximum Gasteiger partial charge on any atom is 0.138 e. The summed E-state index contributed by atoms with van der Waals surface area (Å²) in [5.74, 6) is 0.884. The Morgan fingerprint density at radius 3 is 3.10 bits per heavy atom. The molecule has 56 valence electrons. The van der Waals surface area contributed by atoms with E-state index in [0.29, 0.717) is 17.7 Å². The molecule has 0 aromatic carbocycles. The van der Waals surface area contributed by atoms with Crippen LogP contribution in [0.2, 0.25) is 0 Å². The first kappa shape index (κ1) is 6.35. The summed E-state index contributed by atoms with van der Waals surface area (Å²) in [6.07, 6.45) is 4.36. The van der Waals surface area contributed by atoms with Crippen LogP contribution in [0, 0.1) is 5.92 Å². The normalized spacial score (nSPS) is 39.8. The molecule has 2 atom stereocenters. The lowest BCUT2D eigenvalue weighted by molar-refractivity contribution is -0.124. The van der Waals surface area contributed by atoms with Gasteiger partial charge in [-0.1, -0.05) is 6.42 Å². The van der Waals surface area contributed by atoms with Crippen molar-refractivity contribution in [3.63, 3.8) is 0 Å². The monoisotopic (exact) mass is 139 g/mol. The zero-order valence-electron chi connectivity index (χ0n) is 6.10. The molecule has 2 nitrogen and oxygen atoms in total. The number of fused-ring (bicyclic) bond motifs is 1. The van der Waals surface area contributed by atoms with Crippen LogP contribution >= 0.6 is 0 Å². The highest BCUT2D eigenvalue weighted by atomic mass is 16.1. The molecule has 1 saturated carbocycles. The van der Waals surface area contributed by atoms with Crippen LogP contribution in [0.25, 0.3) is 0 Å². The van der Waals surface area contributed by atoms with Crippen molar-refractivity contribution in [2.45, 2.75) is 31.7 Å². The minimum Gasteiger partial charge on any atom is -0.313 e. The molecule has 0 radical (unpaired) electrons. The predicted molar refractivity (Wildman–Crippen MR) is 38.8 cm³/mol. The number of hydrogen-bond acceptors (Lipinski definition) is 2. The Balaban J connectivity index is 2.10. The molecule has 2 fully saturated rings. The van der Waals surface area contributed by atoms with Crippen molar-refractivity contribution in [3.8, 4) is 0 Å². The van der Waals surface area contributed by atoms with Gasteiger partial charge in [-0.2, -0.15) is 0 Å². The summed E-state index contributed by atoms with van der Waals surface area (Å²) < 4.78 is 0. The van der Waals surface area contributed by atoms with Crippen LogP contribution in [0.4, 0.5) is 0 Å². The summed E-state index contributed by atoms with van der Waals surface area (Å²) in [6, 6.07) is 0.543. The molecule has 1 heterocycles. The van der Waals surface area contributed by atoms with Gasteiger partial charge in [0.1, 0.15) is 5.78 Å². The topological polar surface area (TPSA) is 29.1 Å². The molecule has 2 rings (SSSR count). The summed E-state index contributed by atoms with van der Waals surface area (Å²) in [4.78, 5) is 11.2. The van der Waals surface area contributed by atoms with E-state index < -0.39 is 0 Å². The number of Topliss-reactive ketones (excluding diaryl/α,β-unsaturated/α-hetero) is 1. The molecule has 2 unspecified atom stereocenters. The molecular formula is C8H13NO. The molecule has 2 aliphatic rings. The average molecular weight is 139 g/mol. The quantitative estimate of drug-likeness (QED) is 0.535. The number of ketones is 1. The smallest absolute Gasteiger partial charge is 0.138 e. The highest BCUT2D eigenvalue weighted by Gasteiger charge is 2.34. The Morgan fingerprint density at radius 1 is 1.40 bits per heavy atom. The van der Waals surface area contributed by atoms with Gasteiger partial charge in [-0.05, 0) is 12.8 Å². The minimum atomic E-state index is 0.383. The van der Waals surface area contributed by atoms with Gasteiger partial charge < -0.3 is 5.32 Å². The standard InChI is InChI=1S/C8H13NO/c10-8-4-5-9-7-3-1-2-6(7)8/h6-7,9H,1-5H2. The third-order valence-electron chi connectivity index (χ3n) is 2.71. The molecule has 1 saturated heterocycles. The van der Waals surface area contributed by atoms with Gasteiger partial charge in [0, 0.05) is 24.9 Å². The zero-order valence-corrected chi connectivity index (χ0v) is 6.10. The van der Waals surface area contributed by atoms with Crippen LogP contribution in [-0.4, -0.2) is 18.4 Å². The predicted octanol–water partition coefficient (Wildman–Crippen LogP) is 0.718. The van der Waals surface area contributed by atoms with Gasteiger partial charge >= 0.3 is 0 Å². The van der Waals surface area contributed by atoms with Crippen LogP contribution in [0.15, 0.2) is 0 Å². The van der Waals surface area contributed by atoms with Crippen molar-refractivity contribution >= 4 is 5.78 Å². The van der Waals surface area contributed by atoms with Gasteiger partial charge in [0.05, 0.1) is 0 Å². The van der Waals surface area contributed by atoms with Crippen molar-refractivity contribution in [1.29, 1.82) is 0 Å². The Hall–Kier alpha value is -0.370. The average Bonchev–Trinajstić information content (AvgIpc) is 2.36. The SMILES string of the molecule is O=C1CCNC2CCCC12. The molecule has 1 N–H and O–H groups in total. The van der Waals surface area contributed by atoms with E-state index in [4.69, 9.17) is 0 Å². The van der Waals surface area contributed by atoms with Crippen LogP contribution in [0.3, 0.4) is 0 Å². The first-order valence-electron chi connectivity index (χ1n) is 4.14. The highest BCUT2D eigenvalue weighted by Crippen LogP contribution is 2.29. The van der Waals surface area contributed by atoms with E-state index in [1.54, 1.807) is 0 Å². The van der Waals surface area contributed by atoms with Gasteiger partial charge in [0.25, 0.3) is 0 Å². The van der Waals surface area contributed by atoms with E-state index in [9.17, 15) is 4.79 Å². The second-order valence-electron chi connectivity index (χ2n) is 3.31. The molecule has 0 bridgehead atoms. The maximum atomic E-state index is 11.2. The number of carbonyl (C=O) groups is 1. The van der Waals surface area contributed by atoms with Crippen LogP contribution in [0.5, 0.6) is 0 Å². The minimum absolute atomic E-state index is 0.383. The third kappa shape index (κ3) is 0.870. The van der Waals surface area contributed by atoms with Gasteiger partial charge in [0.2, 0.25) is 0 Å². The number of carbonyl (C=O) groups excluding carboxylic acids is 1. The lowest BCUT2D eigenvalue weighted by Crippen LogP contribution is -2.43. The van der Waals surface area contributed by atoms with Crippen molar-refractivity contribution in [2.75, 3.05) is 6.54 Å².